The van der Waals surface area contributed by atoms with Crippen molar-refractivity contribution in [3.63, 3.8) is 0 Å². The highest BCUT2D eigenvalue weighted by Gasteiger charge is 2.44. The SMILES string of the molecule is COC(=O)[C@@H]1C(=O)NC(SCC(=O)Nc2ccccc2Cl)=C(C#N)[C@@H]1c1cccc(Br)c1. The summed E-state index contributed by atoms with van der Waals surface area (Å²) in [4.78, 5) is 37.6. The fraction of sp³-hybridized carbons (Fsp3) is 0.182. The Bertz CT molecular complexity index is 1150. The molecule has 0 aliphatic carbocycles. The number of allylic oxidation sites excluding steroid dienone is 1. The maximum absolute atomic E-state index is 12.8. The molecule has 2 amide bonds. The molecule has 0 unspecified atom stereocenters. The number of hydrogen-bond acceptors (Lipinski definition) is 6. The number of esters is 1. The average Bonchev–Trinajstić information content (AvgIpc) is 2.78. The zero-order chi connectivity index (χ0) is 23.3. The first-order valence-corrected chi connectivity index (χ1v) is 11.5. The van der Waals surface area contributed by atoms with Crippen LogP contribution in [0, 0.1) is 17.2 Å². The third kappa shape index (κ3) is 5.33. The third-order valence-electron chi connectivity index (χ3n) is 4.69. The lowest BCUT2D eigenvalue weighted by Crippen LogP contribution is -2.44. The second kappa shape index (κ2) is 10.7. The largest absolute Gasteiger partial charge is 0.468 e. The van der Waals surface area contributed by atoms with Gasteiger partial charge in [0.05, 0.1) is 40.2 Å². The lowest BCUT2D eigenvalue weighted by Gasteiger charge is -2.31. The molecule has 0 fully saturated rings. The molecule has 7 nitrogen and oxygen atoms in total. The molecule has 1 heterocycles. The van der Waals surface area contributed by atoms with E-state index in [1.165, 1.54) is 7.11 Å². The van der Waals surface area contributed by atoms with E-state index >= 15 is 0 Å². The van der Waals surface area contributed by atoms with Gasteiger partial charge in [-0.15, -0.1) is 0 Å². The van der Waals surface area contributed by atoms with Crippen LogP contribution in [-0.4, -0.2) is 30.6 Å². The van der Waals surface area contributed by atoms with Gasteiger partial charge in [-0.05, 0) is 29.8 Å². The number of carbonyl (C=O) groups excluding carboxylic acids is 3. The summed E-state index contributed by atoms with van der Waals surface area (Å²) in [5, 5.41) is 15.8. The first-order chi connectivity index (χ1) is 15.3. The standard InChI is InChI=1S/C22H17BrClN3O4S/c1-31-22(30)19-18(12-5-4-6-13(23)9-12)14(10-25)21(27-20(19)29)32-11-17(28)26-16-8-3-2-7-15(16)24/h2-9,18-19H,11H2,1H3,(H,26,28)(H,27,29)/t18-,19-/m0/s1. The van der Waals surface area contributed by atoms with Gasteiger partial charge >= 0.3 is 5.97 Å². The first-order valence-electron chi connectivity index (χ1n) is 9.31. The van der Waals surface area contributed by atoms with Crippen LogP contribution < -0.4 is 10.6 Å². The van der Waals surface area contributed by atoms with Crippen molar-refractivity contribution in [2.45, 2.75) is 5.92 Å². The van der Waals surface area contributed by atoms with Gasteiger partial charge in [0.15, 0.2) is 0 Å². The molecule has 0 aromatic heterocycles. The predicted molar refractivity (Wildman–Crippen MR) is 126 cm³/mol. The maximum Gasteiger partial charge on any atom is 0.319 e. The Kier molecular flexibility index (Phi) is 7.96. The lowest BCUT2D eigenvalue weighted by molar-refractivity contribution is -0.150. The van der Waals surface area contributed by atoms with Gasteiger partial charge in [0, 0.05) is 10.4 Å². The molecule has 2 atom stereocenters. The summed E-state index contributed by atoms with van der Waals surface area (Å²) in [7, 11) is 1.19. The van der Waals surface area contributed by atoms with Gasteiger partial charge < -0.3 is 15.4 Å². The van der Waals surface area contributed by atoms with Crippen molar-refractivity contribution < 1.29 is 19.1 Å². The number of methoxy groups -OCH3 is 1. The van der Waals surface area contributed by atoms with Gasteiger partial charge in [0.2, 0.25) is 11.8 Å². The summed E-state index contributed by atoms with van der Waals surface area (Å²) in [6, 6.07) is 15.9. The van der Waals surface area contributed by atoms with Gasteiger partial charge in [0.25, 0.3) is 0 Å². The van der Waals surface area contributed by atoms with Crippen molar-refractivity contribution >= 4 is 62.8 Å². The van der Waals surface area contributed by atoms with E-state index in [4.69, 9.17) is 16.3 Å². The number of hydrogen-bond donors (Lipinski definition) is 2. The van der Waals surface area contributed by atoms with E-state index in [1.54, 1.807) is 48.5 Å². The van der Waals surface area contributed by atoms with Gasteiger partial charge in [0.1, 0.15) is 5.92 Å². The van der Waals surface area contributed by atoms with Crippen molar-refractivity contribution in [2.24, 2.45) is 5.92 Å². The molecular formula is C22H17BrClN3O4S. The molecule has 1 aliphatic rings. The van der Waals surface area contributed by atoms with Crippen LogP contribution in [0.5, 0.6) is 0 Å². The number of amides is 2. The van der Waals surface area contributed by atoms with Crippen molar-refractivity contribution in [1.29, 1.82) is 5.26 Å². The van der Waals surface area contributed by atoms with Crippen LogP contribution in [0.15, 0.2) is 63.6 Å². The first kappa shape index (κ1) is 23.9. The van der Waals surface area contributed by atoms with Crippen molar-refractivity contribution in [1.82, 2.24) is 5.32 Å². The molecular weight excluding hydrogens is 518 g/mol. The van der Waals surface area contributed by atoms with Crippen LogP contribution >= 0.6 is 39.3 Å². The second-order valence-electron chi connectivity index (χ2n) is 6.69. The molecule has 2 N–H and O–H groups in total. The minimum atomic E-state index is -1.23. The minimum absolute atomic E-state index is 0.0832. The number of benzene rings is 2. The number of anilines is 1. The number of nitrogens with zero attached hydrogens (tertiary/aromatic N) is 1. The molecule has 3 rings (SSSR count). The Labute approximate surface area is 202 Å². The number of para-hydroxylation sites is 1. The Balaban J connectivity index is 1.90. The van der Waals surface area contributed by atoms with Gasteiger partial charge in [-0.2, -0.15) is 5.26 Å². The summed E-state index contributed by atoms with van der Waals surface area (Å²) in [6.45, 7) is 0. The second-order valence-corrected chi connectivity index (χ2v) is 9.00. The zero-order valence-corrected chi connectivity index (χ0v) is 19.9. The van der Waals surface area contributed by atoms with Crippen molar-refractivity contribution in [3.8, 4) is 6.07 Å². The zero-order valence-electron chi connectivity index (χ0n) is 16.7. The average molecular weight is 535 g/mol. The van der Waals surface area contributed by atoms with E-state index in [-0.39, 0.29) is 22.3 Å². The van der Waals surface area contributed by atoms with E-state index in [9.17, 15) is 19.6 Å². The van der Waals surface area contributed by atoms with E-state index in [1.807, 2.05) is 0 Å². The van der Waals surface area contributed by atoms with Crippen LogP contribution in [0.2, 0.25) is 5.02 Å². The van der Waals surface area contributed by atoms with E-state index in [2.05, 4.69) is 32.6 Å². The monoisotopic (exact) mass is 533 g/mol. The highest BCUT2D eigenvalue weighted by atomic mass is 79.9. The summed E-state index contributed by atoms with van der Waals surface area (Å²) in [5.41, 5.74) is 1.23. The van der Waals surface area contributed by atoms with Crippen LogP contribution in [0.3, 0.4) is 0 Å². The Hall–Kier alpha value is -2.80. The predicted octanol–water partition coefficient (Wildman–Crippen LogP) is 4.21. The van der Waals surface area contributed by atoms with E-state index < -0.39 is 23.7 Å². The molecule has 0 radical (unpaired) electrons. The number of nitrogens with one attached hydrogen (secondary N) is 2. The number of nitriles is 1. The Morgan fingerprint density at radius 3 is 2.69 bits per heavy atom. The van der Waals surface area contributed by atoms with Crippen LogP contribution in [0.25, 0.3) is 0 Å². The van der Waals surface area contributed by atoms with E-state index in [0.717, 1.165) is 16.2 Å². The number of rotatable bonds is 6. The maximum atomic E-state index is 12.8. The molecule has 1 aliphatic heterocycles. The third-order valence-corrected chi connectivity index (χ3v) is 6.53. The highest BCUT2D eigenvalue weighted by molar-refractivity contribution is 9.10. The normalized spacial score (nSPS) is 17.9. The Morgan fingerprint density at radius 2 is 2.03 bits per heavy atom. The number of ether oxygens (including phenoxy) is 1. The Morgan fingerprint density at radius 1 is 1.28 bits per heavy atom. The molecule has 0 spiro atoms. The number of halogens is 2. The van der Waals surface area contributed by atoms with Crippen LogP contribution in [-0.2, 0) is 19.1 Å². The number of carbonyl (C=O) groups is 3. The quantitative estimate of drug-likeness (QED) is 0.425. The fourth-order valence-corrected chi connectivity index (χ4v) is 4.71. The van der Waals surface area contributed by atoms with Crippen LogP contribution in [0.1, 0.15) is 11.5 Å². The van der Waals surface area contributed by atoms with Gasteiger partial charge in [-0.3, -0.25) is 14.4 Å². The fourth-order valence-electron chi connectivity index (χ4n) is 3.27. The lowest BCUT2D eigenvalue weighted by atomic mass is 9.78. The van der Waals surface area contributed by atoms with Crippen molar-refractivity contribution in [2.75, 3.05) is 18.2 Å². The molecule has 2 aromatic carbocycles. The minimum Gasteiger partial charge on any atom is -0.468 e. The molecule has 2 aromatic rings. The molecule has 32 heavy (non-hydrogen) atoms. The molecule has 0 bridgehead atoms. The summed E-state index contributed by atoms with van der Waals surface area (Å²) >= 11 is 10.4. The van der Waals surface area contributed by atoms with Gasteiger partial charge in [-0.25, -0.2) is 0 Å². The van der Waals surface area contributed by atoms with Gasteiger partial charge in [-0.1, -0.05) is 63.6 Å². The topological polar surface area (TPSA) is 108 Å². The number of thioether (sulfide) groups is 1. The summed E-state index contributed by atoms with van der Waals surface area (Å²) in [6.07, 6.45) is 0. The molecule has 10 heteroatoms. The summed E-state index contributed by atoms with van der Waals surface area (Å²) in [5.74, 6) is -3.88. The smallest absolute Gasteiger partial charge is 0.319 e. The molecule has 0 saturated heterocycles. The molecule has 0 saturated carbocycles. The van der Waals surface area contributed by atoms with Crippen molar-refractivity contribution in [3.05, 3.63) is 74.2 Å². The van der Waals surface area contributed by atoms with E-state index in [0.29, 0.717) is 16.3 Å². The highest BCUT2D eigenvalue weighted by Crippen LogP contribution is 2.40. The summed E-state index contributed by atoms with van der Waals surface area (Å²) < 4.78 is 5.55. The van der Waals surface area contributed by atoms with Crippen LogP contribution in [0.4, 0.5) is 5.69 Å². The molecule has 164 valence electrons.